The van der Waals surface area contributed by atoms with Crippen LogP contribution in [-0.4, -0.2) is 55.4 Å². The van der Waals surface area contributed by atoms with E-state index in [2.05, 4.69) is 9.47 Å². The summed E-state index contributed by atoms with van der Waals surface area (Å²) < 4.78 is 46.6. The number of ether oxygens (including phenoxy) is 4. The Morgan fingerprint density at radius 2 is 1.48 bits per heavy atom. The number of carbonyl (C=O) groups is 3. The molecule has 0 aromatic heterocycles. The highest BCUT2D eigenvalue weighted by atomic mass is 19.2. The number of halogens is 2. The molecule has 1 aliphatic rings. The lowest BCUT2D eigenvalue weighted by Gasteiger charge is -2.39. The van der Waals surface area contributed by atoms with Crippen LogP contribution in [0.15, 0.2) is 0 Å². The zero-order valence-corrected chi connectivity index (χ0v) is 11.7. The van der Waals surface area contributed by atoms with Crippen molar-refractivity contribution in [1.82, 2.24) is 0 Å². The molecular weight excluding hydrogens is 294 g/mol. The van der Waals surface area contributed by atoms with Gasteiger partial charge >= 0.3 is 17.9 Å². The number of carbonyl (C=O) groups excluding carboxylic acids is 3. The fraction of sp³-hybridized carbons (Fsp3) is 0.750. The lowest BCUT2D eigenvalue weighted by molar-refractivity contribution is -0.261. The van der Waals surface area contributed by atoms with Crippen molar-refractivity contribution in [2.75, 3.05) is 6.61 Å². The van der Waals surface area contributed by atoms with Crippen LogP contribution in [0.2, 0.25) is 0 Å². The molecule has 1 rings (SSSR count). The van der Waals surface area contributed by atoms with E-state index >= 15 is 0 Å². The Morgan fingerprint density at radius 3 is 1.95 bits per heavy atom. The molecule has 7 nitrogen and oxygen atoms in total. The van der Waals surface area contributed by atoms with Crippen molar-refractivity contribution in [3.63, 3.8) is 0 Å². The van der Waals surface area contributed by atoms with E-state index in [9.17, 15) is 23.2 Å². The van der Waals surface area contributed by atoms with E-state index < -0.39 is 55.4 Å². The number of esters is 3. The van der Waals surface area contributed by atoms with Gasteiger partial charge in [-0.1, -0.05) is 0 Å². The molecule has 0 aromatic carbocycles. The second kappa shape index (κ2) is 7.30. The minimum absolute atomic E-state index is 0.499. The van der Waals surface area contributed by atoms with Crippen LogP contribution in [0.3, 0.4) is 0 Å². The van der Waals surface area contributed by atoms with Gasteiger partial charge in [-0.2, -0.15) is 0 Å². The monoisotopic (exact) mass is 310 g/mol. The van der Waals surface area contributed by atoms with E-state index in [4.69, 9.17) is 9.47 Å². The van der Waals surface area contributed by atoms with E-state index in [1.165, 1.54) is 0 Å². The molecule has 0 aliphatic carbocycles. The molecule has 1 fully saturated rings. The minimum atomic E-state index is -2.27. The summed E-state index contributed by atoms with van der Waals surface area (Å²) in [5, 5.41) is 0. The van der Waals surface area contributed by atoms with Crippen molar-refractivity contribution >= 4 is 17.9 Å². The zero-order chi connectivity index (χ0) is 16.2. The van der Waals surface area contributed by atoms with Gasteiger partial charge in [-0.3, -0.25) is 14.4 Å². The maximum atomic E-state index is 14.2. The van der Waals surface area contributed by atoms with Gasteiger partial charge in [0.15, 0.2) is 18.4 Å². The van der Waals surface area contributed by atoms with Crippen LogP contribution in [0, 0.1) is 0 Å². The first-order valence-electron chi connectivity index (χ1n) is 6.13. The number of hydrogen-bond acceptors (Lipinski definition) is 7. The molecule has 0 unspecified atom stereocenters. The maximum Gasteiger partial charge on any atom is 0.303 e. The molecule has 0 aromatic rings. The van der Waals surface area contributed by atoms with Crippen LogP contribution in [0.4, 0.5) is 8.78 Å². The molecule has 0 bridgehead atoms. The van der Waals surface area contributed by atoms with Gasteiger partial charge in [0.25, 0.3) is 0 Å². The molecule has 120 valence electrons. The fourth-order valence-electron chi connectivity index (χ4n) is 1.83. The fourth-order valence-corrected chi connectivity index (χ4v) is 1.83. The van der Waals surface area contributed by atoms with Crippen molar-refractivity contribution < 1.29 is 42.1 Å². The third-order valence-corrected chi connectivity index (χ3v) is 2.61. The highest BCUT2D eigenvalue weighted by Crippen LogP contribution is 2.29. The van der Waals surface area contributed by atoms with Gasteiger partial charge in [0.2, 0.25) is 6.36 Å². The van der Waals surface area contributed by atoms with Gasteiger partial charge in [0.1, 0.15) is 12.7 Å². The molecule has 0 spiro atoms. The summed E-state index contributed by atoms with van der Waals surface area (Å²) in [6.07, 6.45) is -9.17. The Bertz CT molecular complexity index is 412. The molecule has 0 radical (unpaired) electrons. The van der Waals surface area contributed by atoms with Crippen molar-refractivity contribution in [3.05, 3.63) is 0 Å². The molecule has 9 heteroatoms. The second-order valence-electron chi connectivity index (χ2n) is 4.42. The smallest absolute Gasteiger partial charge is 0.303 e. The maximum absolute atomic E-state index is 14.2. The summed E-state index contributed by atoms with van der Waals surface area (Å²) in [4.78, 5) is 32.6. The predicted octanol–water partition coefficient (Wildman–Crippen LogP) is 0.445. The van der Waals surface area contributed by atoms with E-state index in [0.717, 1.165) is 20.8 Å². The summed E-state index contributed by atoms with van der Waals surface area (Å²) in [7, 11) is 0. The first-order valence-corrected chi connectivity index (χ1v) is 6.13. The molecule has 21 heavy (non-hydrogen) atoms. The Labute approximate surface area is 119 Å². The van der Waals surface area contributed by atoms with Gasteiger partial charge in [-0.15, -0.1) is 0 Å². The lowest BCUT2D eigenvalue weighted by atomic mass is 10.0. The largest absolute Gasteiger partial charge is 0.463 e. The molecule has 5 atom stereocenters. The third-order valence-electron chi connectivity index (χ3n) is 2.61. The number of alkyl halides is 2. The van der Waals surface area contributed by atoms with Crippen LogP contribution in [0.25, 0.3) is 0 Å². The summed E-state index contributed by atoms with van der Waals surface area (Å²) in [5.74, 6) is -2.43. The van der Waals surface area contributed by atoms with E-state index in [1.807, 2.05) is 0 Å². The predicted molar refractivity (Wildman–Crippen MR) is 62.4 cm³/mol. The van der Waals surface area contributed by atoms with Crippen LogP contribution < -0.4 is 0 Å². The molecule has 1 saturated heterocycles. The van der Waals surface area contributed by atoms with E-state index in [0.29, 0.717) is 0 Å². The summed E-state index contributed by atoms with van der Waals surface area (Å²) in [6.45, 7) is 2.61. The highest BCUT2D eigenvalue weighted by Gasteiger charge is 2.51. The van der Waals surface area contributed by atoms with Gasteiger partial charge in [0, 0.05) is 20.8 Å². The standard InChI is InChI=1S/C12H16F2O7/c1-5(15)18-4-8-10(19-6(2)16)9(13)11(12(14)21-8)20-7(3)17/h8-12H,4H2,1-3H3/t8-,9+,10-,11-,12-/m1/s1. The van der Waals surface area contributed by atoms with Crippen LogP contribution >= 0.6 is 0 Å². The summed E-state index contributed by atoms with van der Waals surface area (Å²) in [5.41, 5.74) is 0. The van der Waals surface area contributed by atoms with Gasteiger partial charge < -0.3 is 18.9 Å². The van der Waals surface area contributed by atoms with Crippen molar-refractivity contribution in [2.45, 2.75) is 51.6 Å². The van der Waals surface area contributed by atoms with Crippen molar-refractivity contribution in [2.24, 2.45) is 0 Å². The quantitative estimate of drug-likeness (QED) is 0.550. The van der Waals surface area contributed by atoms with Gasteiger partial charge in [-0.05, 0) is 0 Å². The average molecular weight is 310 g/mol. The first kappa shape index (κ1) is 17.3. The number of rotatable bonds is 4. The van der Waals surface area contributed by atoms with Crippen LogP contribution in [0.5, 0.6) is 0 Å². The normalized spacial score (nSPS) is 32.1. The first-order chi connectivity index (χ1) is 9.72. The van der Waals surface area contributed by atoms with Crippen LogP contribution in [-0.2, 0) is 33.3 Å². The SMILES string of the molecule is CC(=O)OC[C@H]1O[C@@H](F)[C@H](OC(C)=O)[C@@H](F)[C@@H]1OC(C)=O. The molecule has 0 N–H and O–H groups in total. The Kier molecular flexibility index (Phi) is 6.01. The third kappa shape index (κ3) is 4.92. The van der Waals surface area contributed by atoms with Gasteiger partial charge in [-0.25, -0.2) is 8.78 Å². The molecule has 1 heterocycles. The van der Waals surface area contributed by atoms with Crippen molar-refractivity contribution in [3.8, 4) is 0 Å². The van der Waals surface area contributed by atoms with Crippen LogP contribution in [0.1, 0.15) is 20.8 Å². The molecule has 1 aliphatic heterocycles. The Hall–Kier alpha value is -1.77. The van der Waals surface area contributed by atoms with Gasteiger partial charge in [0.05, 0.1) is 0 Å². The molecule has 0 amide bonds. The summed E-state index contributed by atoms with van der Waals surface area (Å²) >= 11 is 0. The second-order valence-corrected chi connectivity index (χ2v) is 4.42. The van der Waals surface area contributed by atoms with E-state index in [-0.39, 0.29) is 0 Å². The van der Waals surface area contributed by atoms with Crippen molar-refractivity contribution in [1.29, 1.82) is 0 Å². The topological polar surface area (TPSA) is 88.1 Å². The Balaban J connectivity index is 2.86. The number of hydrogen-bond donors (Lipinski definition) is 0. The Morgan fingerprint density at radius 1 is 0.952 bits per heavy atom. The zero-order valence-electron chi connectivity index (χ0n) is 11.7. The lowest BCUT2D eigenvalue weighted by Crippen LogP contribution is -2.58. The average Bonchev–Trinajstić information content (AvgIpc) is 2.35. The molecule has 0 saturated carbocycles. The minimum Gasteiger partial charge on any atom is -0.463 e. The van der Waals surface area contributed by atoms with E-state index in [1.54, 1.807) is 0 Å². The molecular formula is C12H16F2O7. The highest BCUT2D eigenvalue weighted by molar-refractivity contribution is 5.67. The summed E-state index contributed by atoms with van der Waals surface area (Å²) in [6, 6.07) is 0.